The van der Waals surface area contributed by atoms with Crippen LogP contribution in [-0.2, 0) is 28.2 Å². The van der Waals surface area contributed by atoms with Gasteiger partial charge in [-0.05, 0) is 38.5 Å². The molecule has 3 atom stereocenters. The van der Waals surface area contributed by atoms with Crippen LogP contribution in [0.5, 0.6) is 0 Å². The fourth-order valence-corrected chi connectivity index (χ4v) is 5.53. The van der Waals surface area contributed by atoms with Gasteiger partial charge in [-0.2, -0.15) is 0 Å². The summed E-state index contributed by atoms with van der Waals surface area (Å²) in [5.74, 6) is -1.07. The Balaban J connectivity index is 4.23. The summed E-state index contributed by atoms with van der Waals surface area (Å²) in [5.41, 5.74) is 0. The normalized spacial score (nSPS) is 14.5. The molecule has 11 heteroatoms. The van der Waals surface area contributed by atoms with Crippen LogP contribution >= 0.6 is 7.82 Å². The van der Waals surface area contributed by atoms with Gasteiger partial charge in [0.05, 0.1) is 18.8 Å². The molecule has 304 valence electrons. The molecule has 0 aromatic carbocycles. The number of hydrogen-bond donors (Lipinski definition) is 4. The summed E-state index contributed by atoms with van der Waals surface area (Å²) in [6.45, 7) is 3.33. The van der Waals surface area contributed by atoms with Crippen molar-refractivity contribution in [3.8, 4) is 0 Å². The van der Waals surface area contributed by atoms with E-state index in [1.54, 1.807) is 30.4 Å². The number of aliphatic hydroxyl groups is 2. The zero-order valence-electron chi connectivity index (χ0n) is 32.6. The smallest absolute Gasteiger partial charge is 0.462 e. The van der Waals surface area contributed by atoms with E-state index in [0.29, 0.717) is 32.1 Å². The summed E-state index contributed by atoms with van der Waals surface area (Å²) in [4.78, 5) is 42.8. The minimum absolute atomic E-state index is 0.0238. The highest BCUT2D eigenvalue weighted by Crippen LogP contribution is 2.36. The number of unbranched alkanes of at least 4 members (excludes halogenated alkanes) is 14. The van der Waals surface area contributed by atoms with Gasteiger partial charge in [-0.25, -0.2) is 4.57 Å². The van der Waals surface area contributed by atoms with Crippen LogP contribution in [0.3, 0.4) is 0 Å². The largest absolute Gasteiger partial charge is 0.469 e. The second-order valence-electron chi connectivity index (χ2n) is 13.3. The molecule has 53 heavy (non-hydrogen) atoms. The second kappa shape index (κ2) is 36.4. The number of rotatable bonds is 35. The molecule has 0 fully saturated rings. The summed E-state index contributed by atoms with van der Waals surface area (Å²) in [5, 5.41) is 19.9. The molecule has 0 saturated carbocycles. The van der Waals surface area contributed by atoms with E-state index < -0.39 is 44.7 Å². The van der Waals surface area contributed by atoms with E-state index in [-0.39, 0.29) is 19.4 Å². The summed E-state index contributed by atoms with van der Waals surface area (Å²) in [6, 6.07) is 0. The van der Waals surface area contributed by atoms with Crippen molar-refractivity contribution in [2.75, 3.05) is 13.2 Å². The topological polar surface area (TPSA) is 160 Å². The molecular formula is C42H71O10P. The number of allylic oxidation sites excluding steroid dienone is 8. The third-order valence-electron chi connectivity index (χ3n) is 8.16. The third-order valence-corrected chi connectivity index (χ3v) is 8.65. The summed E-state index contributed by atoms with van der Waals surface area (Å²) in [6.07, 6.45) is 39.8. The van der Waals surface area contributed by atoms with E-state index >= 15 is 0 Å². The maximum Gasteiger partial charge on any atom is 0.469 e. The quantitative estimate of drug-likeness (QED) is 0.0161. The molecule has 0 radical (unpaired) electrons. The van der Waals surface area contributed by atoms with Gasteiger partial charge in [0.25, 0.3) is 0 Å². The molecule has 0 unspecified atom stereocenters. The number of esters is 2. The Hall–Kier alpha value is -2.59. The van der Waals surface area contributed by atoms with E-state index in [1.165, 1.54) is 64.2 Å². The minimum atomic E-state index is -4.81. The number of carbonyl (C=O) groups excluding carboxylic acids is 2. The average Bonchev–Trinajstić information content (AvgIpc) is 3.11. The lowest BCUT2D eigenvalue weighted by molar-refractivity contribution is -0.161. The van der Waals surface area contributed by atoms with E-state index in [9.17, 15) is 24.4 Å². The molecule has 0 aliphatic heterocycles. The molecule has 0 aliphatic rings. The lowest BCUT2D eigenvalue weighted by atomic mass is 10.0. The lowest BCUT2D eigenvalue weighted by Gasteiger charge is -2.18. The van der Waals surface area contributed by atoms with E-state index in [2.05, 4.69) is 18.4 Å². The van der Waals surface area contributed by atoms with Gasteiger partial charge < -0.3 is 29.5 Å². The highest BCUT2D eigenvalue weighted by atomic mass is 31.2. The number of ether oxygens (including phenoxy) is 2. The van der Waals surface area contributed by atoms with Crippen molar-refractivity contribution in [3.63, 3.8) is 0 Å². The van der Waals surface area contributed by atoms with Crippen LogP contribution in [-0.4, -0.2) is 63.5 Å². The zero-order valence-corrected chi connectivity index (χ0v) is 33.5. The van der Waals surface area contributed by atoms with Crippen LogP contribution in [0.1, 0.15) is 149 Å². The molecule has 0 saturated heterocycles. The molecule has 0 spiro atoms. The van der Waals surface area contributed by atoms with E-state index in [1.807, 2.05) is 42.5 Å². The Morgan fingerprint density at radius 2 is 1.19 bits per heavy atom. The van der Waals surface area contributed by atoms with E-state index in [0.717, 1.165) is 25.7 Å². The highest BCUT2D eigenvalue weighted by Gasteiger charge is 2.22. The predicted octanol–water partition coefficient (Wildman–Crippen LogP) is 9.84. The first-order chi connectivity index (χ1) is 25.6. The van der Waals surface area contributed by atoms with Gasteiger partial charge in [-0.1, -0.05) is 170 Å². The second-order valence-corrected chi connectivity index (χ2v) is 14.5. The maximum atomic E-state index is 12.4. The van der Waals surface area contributed by atoms with Gasteiger partial charge in [0.1, 0.15) is 6.61 Å². The number of hydrogen-bond acceptors (Lipinski definition) is 8. The first-order valence-electron chi connectivity index (χ1n) is 20.0. The van der Waals surface area contributed by atoms with Crippen molar-refractivity contribution in [1.82, 2.24) is 0 Å². The first kappa shape index (κ1) is 50.4. The van der Waals surface area contributed by atoms with E-state index in [4.69, 9.17) is 19.3 Å². The van der Waals surface area contributed by atoms with Crippen molar-refractivity contribution < 1.29 is 48.2 Å². The van der Waals surface area contributed by atoms with Crippen molar-refractivity contribution in [2.24, 2.45) is 0 Å². The molecule has 0 aliphatic carbocycles. The van der Waals surface area contributed by atoms with Crippen LogP contribution in [0.15, 0.2) is 72.9 Å². The summed E-state index contributed by atoms with van der Waals surface area (Å²) in [7, 11) is -4.81. The number of phosphoric acid groups is 1. The third kappa shape index (κ3) is 38.9. The zero-order chi connectivity index (χ0) is 39.3. The molecule has 0 aromatic rings. The predicted molar refractivity (Wildman–Crippen MR) is 214 cm³/mol. The van der Waals surface area contributed by atoms with Crippen molar-refractivity contribution in [1.29, 1.82) is 0 Å². The fraction of sp³-hybridized carbons (Fsp3) is 0.667. The molecule has 4 N–H and O–H groups in total. The number of carbonyl (C=O) groups is 2. The summed E-state index contributed by atoms with van der Waals surface area (Å²) >= 11 is 0. The molecule has 0 bridgehead atoms. The molecule has 0 rings (SSSR count). The van der Waals surface area contributed by atoms with Crippen LogP contribution in [0.2, 0.25) is 0 Å². The monoisotopic (exact) mass is 766 g/mol. The maximum absolute atomic E-state index is 12.4. The molecular weight excluding hydrogens is 695 g/mol. The first-order valence-corrected chi connectivity index (χ1v) is 21.5. The van der Waals surface area contributed by atoms with Gasteiger partial charge in [-0.15, -0.1) is 0 Å². The molecule has 0 heterocycles. The molecule has 10 nitrogen and oxygen atoms in total. The number of aliphatic hydroxyl groups excluding tert-OH is 2. The Morgan fingerprint density at radius 1 is 0.623 bits per heavy atom. The van der Waals surface area contributed by atoms with Gasteiger partial charge in [0.15, 0.2) is 6.10 Å². The Bertz CT molecular complexity index is 1120. The van der Waals surface area contributed by atoms with Crippen molar-refractivity contribution in [3.05, 3.63) is 72.9 Å². The fourth-order valence-electron chi connectivity index (χ4n) is 5.17. The lowest BCUT2D eigenvalue weighted by Crippen LogP contribution is -2.29. The standard InChI is InChI=1S/C42H71O10P/c1-3-5-7-8-9-10-11-12-13-14-15-19-22-28-34-41(45)50-36-40(37-51-53(47,48)49)52-42(46)35-29-23-27-33-39(44)32-26-21-18-16-17-20-25-31-38(43)30-24-6-4-2/h6,17-18,20-21,24-27,31-33,38-40,43-44H,3-5,7-16,19,22-23,28-30,34-37H2,1-2H3,(H2,47,48,49)/b20-17-,21-18-,24-6-,31-25+,32-26+,33-27-/t38-,39-,40+/m0/s1. The van der Waals surface area contributed by atoms with Crippen LogP contribution < -0.4 is 0 Å². The minimum Gasteiger partial charge on any atom is -0.462 e. The van der Waals surface area contributed by atoms with Crippen LogP contribution in [0, 0.1) is 0 Å². The van der Waals surface area contributed by atoms with Crippen LogP contribution in [0.25, 0.3) is 0 Å². The highest BCUT2D eigenvalue weighted by molar-refractivity contribution is 7.46. The van der Waals surface area contributed by atoms with Crippen LogP contribution in [0.4, 0.5) is 0 Å². The van der Waals surface area contributed by atoms with Gasteiger partial charge in [0.2, 0.25) is 0 Å². The van der Waals surface area contributed by atoms with Gasteiger partial charge in [0, 0.05) is 12.8 Å². The van der Waals surface area contributed by atoms with Gasteiger partial charge >= 0.3 is 19.8 Å². The Labute approximate surface area is 320 Å². The number of phosphoric ester groups is 1. The Kier molecular flexibility index (Phi) is 34.6. The average molecular weight is 767 g/mol. The van der Waals surface area contributed by atoms with Crippen molar-refractivity contribution >= 4 is 19.8 Å². The summed E-state index contributed by atoms with van der Waals surface area (Å²) < 4.78 is 26.2. The Morgan fingerprint density at radius 3 is 1.77 bits per heavy atom. The van der Waals surface area contributed by atoms with Gasteiger partial charge in [-0.3, -0.25) is 14.1 Å². The molecule has 0 aromatic heterocycles. The SMILES string of the molecule is CC/C=C\C[C@H](O)/C=C/C=C\C/C=C\C=C\[C@H](O)/C=C\CCCC(=O)O[C@H](COC(=O)CCCCCCCCCCCCCCCC)COP(=O)(O)O. The van der Waals surface area contributed by atoms with Crippen molar-refractivity contribution in [2.45, 2.75) is 167 Å². The molecule has 0 amide bonds.